The van der Waals surface area contributed by atoms with Crippen molar-refractivity contribution >= 4 is 43.5 Å². The van der Waals surface area contributed by atoms with Crippen LogP contribution in [-0.4, -0.2) is 21.9 Å². The van der Waals surface area contributed by atoms with Crippen LogP contribution < -0.4 is 0 Å². The number of aromatic nitrogens is 2. The Morgan fingerprint density at radius 1 is 0.960 bits per heavy atom. The monoisotopic (exact) mass is 406 g/mol. The third-order valence-corrected chi connectivity index (χ3v) is 4.54. The molecule has 0 spiro atoms. The zero-order valence-corrected chi connectivity index (χ0v) is 14.1. The van der Waals surface area contributed by atoms with E-state index in [1.54, 1.807) is 18.2 Å². The van der Waals surface area contributed by atoms with Gasteiger partial charge >= 0.3 is 6.18 Å². The van der Waals surface area contributed by atoms with E-state index < -0.39 is 12.0 Å². The van der Waals surface area contributed by atoms with Crippen LogP contribution in [0.3, 0.4) is 0 Å². The van der Waals surface area contributed by atoms with Crippen molar-refractivity contribution in [2.24, 2.45) is 0 Å². The van der Waals surface area contributed by atoms with E-state index in [0.717, 1.165) is 10.9 Å². The van der Waals surface area contributed by atoms with E-state index in [4.69, 9.17) is 0 Å². The van der Waals surface area contributed by atoms with E-state index in [9.17, 15) is 18.0 Å². The van der Waals surface area contributed by atoms with Gasteiger partial charge in [-0.1, -0.05) is 40.2 Å². The van der Waals surface area contributed by atoms with E-state index in [2.05, 4.69) is 25.9 Å². The third kappa shape index (κ3) is 2.64. The van der Waals surface area contributed by atoms with Gasteiger partial charge in [0.2, 0.25) is 0 Å². The molecule has 0 saturated carbocycles. The number of halogens is 4. The van der Waals surface area contributed by atoms with Crippen molar-refractivity contribution in [3.8, 4) is 11.4 Å². The van der Waals surface area contributed by atoms with Crippen LogP contribution in [0.2, 0.25) is 0 Å². The molecule has 0 aliphatic carbocycles. The number of para-hydroxylation sites is 1. The Kier molecular flexibility index (Phi) is 3.50. The molecule has 2 N–H and O–H groups in total. The summed E-state index contributed by atoms with van der Waals surface area (Å²) in [6.45, 7) is 0. The van der Waals surface area contributed by atoms with Crippen LogP contribution in [0.1, 0.15) is 10.4 Å². The maximum Gasteiger partial charge on any atom is 0.454 e. The van der Waals surface area contributed by atoms with E-state index in [1.165, 1.54) is 6.07 Å². The molecule has 0 amide bonds. The summed E-state index contributed by atoms with van der Waals surface area (Å²) in [6.07, 6.45) is -4.96. The normalized spacial score (nSPS) is 12.2. The van der Waals surface area contributed by atoms with Gasteiger partial charge in [-0.2, -0.15) is 13.2 Å². The number of Topliss-reactive ketones (excluding diaryl/α,β-unsaturated/α-hetero) is 1. The first-order chi connectivity index (χ1) is 11.8. The molecule has 4 aromatic rings. The van der Waals surface area contributed by atoms with Crippen LogP contribution >= 0.6 is 15.9 Å². The Morgan fingerprint density at radius 2 is 1.72 bits per heavy atom. The zero-order valence-electron chi connectivity index (χ0n) is 12.5. The van der Waals surface area contributed by atoms with Crippen LogP contribution in [0.4, 0.5) is 13.2 Å². The first-order valence-corrected chi connectivity index (χ1v) is 8.15. The van der Waals surface area contributed by atoms with E-state index >= 15 is 0 Å². The second kappa shape index (κ2) is 5.49. The average molecular weight is 407 g/mol. The predicted octanol–water partition coefficient (Wildman–Crippen LogP) is 5.82. The highest BCUT2D eigenvalue weighted by molar-refractivity contribution is 9.10. The number of H-pyrrole nitrogens is 2. The molecule has 0 radical (unpaired) electrons. The summed E-state index contributed by atoms with van der Waals surface area (Å²) in [5.41, 5.74) is 1.42. The number of benzene rings is 2. The number of nitrogens with one attached hydrogen (secondary N) is 2. The van der Waals surface area contributed by atoms with E-state index in [0.29, 0.717) is 15.7 Å². The first-order valence-electron chi connectivity index (χ1n) is 7.35. The Labute approximate surface area is 148 Å². The summed E-state index contributed by atoms with van der Waals surface area (Å²) in [4.78, 5) is 18.1. The maximum absolute atomic E-state index is 13.1. The molecule has 25 heavy (non-hydrogen) atoms. The molecule has 2 aromatic heterocycles. The van der Waals surface area contributed by atoms with Gasteiger partial charge in [-0.15, -0.1) is 0 Å². The molecule has 0 unspecified atom stereocenters. The lowest BCUT2D eigenvalue weighted by molar-refractivity contribution is -0.0883. The summed E-state index contributed by atoms with van der Waals surface area (Å²) in [6, 6.07) is 13.8. The number of hydrogen-bond acceptors (Lipinski definition) is 1. The van der Waals surface area contributed by atoms with Crippen molar-refractivity contribution in [2.45, 2.75) is 6.18 Å². The lowest BCUT2D eigenvalue weighted by atomic mass is 10.0. The molecule has 3 nitrogen and oxygen atoms in total. The first kappa shape index (κ1) is 16.0. The molecule has 0 bridgehead atoms. The summed E-state index contributed by atoms with van der Waals surface area (Å²) in [7, 11) is 0. The second-order valence-electron chi connectivity index (χ2n) is 5.66. The van der Waals surface area contributed by atoms with Gasteiger partial charge in [-0.3, -0.25) is 4.79 Å². The van der Waals surface area contributed by atoms with E-state index in [1.807, 2.05) is 24.3 Å². The van der Waals surface area contributed by atoms with Crippen molar-refractivity contribution in [1.29, 1.82) is 0 Å². The van der Waals surface area contributed by atoms with Gasteiger partial charge in [0, 0.05) is 26.3 Å². The van der Waals surface area contributed by atoms with Gasteiger partial charge in [0.05, 0.1) is 17.0 Å². The minimum atomic E-state index is -4.96. The SMILES string of the molecule is O=C(c1c(-c2cc3ccccc3[nH]2)[nH]c2cc(Br)ccc12)C(F)(F)F. The van der Waals surface area contributed by atoms with E-state index in [-0.39, 0.29) is 16.6 Å². The van der Waals surface area contributed by atoms with Crippen LogP contribution in [0.15, 0.2) is 53.0 Å². The Hall–Kier alpha value is -2.54. The number of carbonyl (C=O) groups is 1. The molecular formula is C18H10BrF3N2O. The molecule has 126 valence electrons. The summed E-state index contributed by atoms with van der Waals surface area (Å²) < 4.78 is 40.1. The van der Waals surface area contributed by atoms with Gasteiger partial charge in [-0.25, -0.2) is 0 Å². The Bertz CT molecular complexity index is 1090. The minimum Gasteiger partial charge on any atom is -0.353 e. The van der Waals surface area contributed by atoms with Crippen LogP contribution in [-0.2, 0) is 0 Å². The van der Waals surface area contributed by atoms with Gasteiger partial charge in [0.1, 0.15) is 0 Å². The fraction of sp³-hybridized carbons (Fsp3) is 0.0556. The number of ketones is 1. The Balaban J connectivity index is 2.03. The number of alkyl halides is 3. The highest BCUT2D eigenvalue weighted by Crippen LogP contribution is 2.36. The predicted molar refractivity (Wildman–Crippen MR) is 93.7 cm³/mol. The lowest BCUT2D eigenvalue weighted by Gasteiger charge is -2.06. The largest absolute Gasteiger partial charge is 0.454 e. The molecule has 0 saturated heterocycles. The van der Waals surface area contributed by atoms with Gasteiger partial charge in [0.15, 0.2) is 0 Å². The number of aromatic amines is 2. The van der Waals surface area contributed by atoms with Gasteiger partial charge in [-0.05, 0) is 24.3 Å². The lowest BCUT2D eigenvalue weighted by Crippen LogP contribution is -2.23. The van der Waals surface area contributed by atoms with Gasteiger partial charge in [0.25, 0.3) is 5.78 Å². The quantitative estimate of drug-likeness (QED) is 0.404. The number of fused-ring (bicyclic) bond motifs is 2. The molecule has 0 fully saturated rings. The minimum absolute atomic E-state index is 0.131. The van der Waals surface area contributed by atoms with Crippen LogP contribution in [0.25, 0.3) is 33.2 Å². The summed E-state index contributed by atoms with van der Waals surface area (Å²) in [5, 5.41) is 1.09. The molecule has 2 aromatic carbocycles. The average Bonchev–Trinajstić information content (AvgIpc) is 3.13. The van der Waals surface area contributed by atoms with Crippen LogP contribution in [0, 0.1) is 0 Å². The fourth-order valence-corrected chi connectivity index (χ4v) is 3.32. The van der Waals surface area contributed by atoms with Crippen molar-refractivity contribution in [2.75, 3.05) is 0 Å². The Morgan fingerprint density at radius 3 is 2.44 bits per heavy atom. The van der Waals surface area contributed by atoms with Crippen molar-refractivity contribution < 1.29 is 18.0 Å². The number of rotatable bonds is 2. The second-order valence-corrected chi connectivity index (χ2v) is 6.58. The van der Waals surface area contributed by atoms with Crippen molar-refractivity contribution in [3.05, 3.63) is 58.6 Å². The van der Waals surface area contributed by atoms with Crippen molar-refractivity contribution in [3.63, 3.8) is 0 Å². The highest BCUT2D eigenvalue weighted by Gasteiger charge is 2.42. The zero-order chi connectivity index (χ0) is 17.8. The molecule has 0 aliphatic heterocycles. The number of hydrogen-bond donors (Lipinski definition) is 2. The maximum atomic E-state index is 13.1. The highest BCUT2D eigenvalue weighted by atomic mass is 79.9. The third-order valence-electron chi connectivity index (χ3n) is 4.04. The van der Waals surface area contributed by atoms with Crippen molar-refractivity contribution in [1.82, 2.24) is 9.97 Å². The summed E-state index contributed by atoms with van der Waals surface area (Å²) in [5.74, 6) is -1.87. The molecule has 4 rings (SSSR count). The molecular weight excluding hydrogens is 397 g/mol. The van der Waals surface area contributed by atoms with Crippen LogP contribution in [0.5, 0.6) is 0 Å². The molecule has 0 atom stereocenters. The molecule has 2 heterocycles. The molecule has 0 aliphatic rings. The standard InChI is InChI=1S/C18H10BrF3N2O/c19-10-5-6-11-13(8-10)24-16(15(11)17(25)18(20,21)22)14-7-9-3-1-2-4-12(9)23-14/h1-8,23-24H. The summed E-state index contributed by atoms with van der Waals surface area (Å²) >= 11 is 3.29. The van der Waals surface area contributed by atoms with Gasteiger partial charge < -0.3 is 9.97 Å². The fourth-order valence-electron chi connectivity index (χ4n) is 2.96. The topological polar surface area (TPSA) is 48.6 Å². The smallest absolute Gasteiger partial charge is 0.353 e. The molecule has 7 heteroatoms. The number of carbonyl (C=O) groups excluding carboxylic acids is 1.